The summed E-state index contributed by atoms with van der Waals surface area (Å²) in [6, 6.07) is 0.290. The van der Waals surface area contributed by atoms with Crippen LogP contribution < -0.4 is 4.74 Å². The normalized spacial score (nSPS) is 11.1. The Labute approximate surface area is 117 Å². The summed E-state index contributed by atoms with van der Waals surface area (Å²) in [6.07, 6.45) is 4.22. The SMILES string of the molecule is CCc1nc(Cl)c(C)c(Oc2cnn(C(C)C)c2)n1. The molecule has 0 aromatic carbocycles. The van der Waals surface area contributed by atoms with Crippen LogP contribution in [-0.4, -0.2) is 19.7 Å². The highest BCUT2D eigenvalue weighted by molar-refractivity contribution is 6.30. The average molecular weight is 281 g/mol. The van der Waals surface area contributed by atoms with Crippen LogP contribution in [0.25, 0.3) is 0 Å². The Kier molecular flexibility index (Phi) is 4.04. The lowest BCUT2D eigenvalue weighted by atomic mass is 10.3. The average Bonchev–Trinajstić information content (AvgIpc) is 2.83. The molecule has 2 rings (SSSR count). The maximum atomic E-state index is 6.07. The van der Waals surface area contributed by atoms with E-state index in [4.69, 9.17) is 16.3 Å². The molecule has 0 bridgehead atoms. The first kappa shape index (κ1) is 13.8. The van der Waals surface area contributed by atoms with Crippen LogP contribution in [0, 0.1) is 6.92 Å². The van der Waals surface area contributed by atoms with E-state index >= 15 is 0 Å². The first-order valence-electron chi connectivity index (χ1n) is 6.26. The molecule has 19 heavy (non-hydrogen) atoms. The van der Waals surface area contributed by atoms with E-state index < -0.39 is 0 Å². The van der Waals surface area contributed by atoms with Crippen molar-refractivity contribution < 1.29 is 4.74 Å². The van der Waals surface area contributed by atoms with E-state index in [2.05, 4.69) is 28.9 Å². The minimum atomic E-state index is 0.290. The lowest BCUT2D eigenvalue weighted by molar-refractivity contribution is 0.451. The van der Waals surface area contributed by atoms with Gasteiger partial charge in [-0.15, -0.1) is 0 Å². The van der Waals surface area contributed by atoms with Gasteiger partial charge in [-0.2, -0.15) is 10.1 Å². The van der Waals surface area contributed by atoms with Gasteiger partial charge < -0.3 is 4.74 Å². The van der Waals surface area contributed by atoms with Crippen molar-refractivity contribution in [3.05, 3.63) is 28.9 Å². The second-order valence-corrected chi connectivity index (χ2v) is 4.92. The maximum Gasteiger partial charge on any atom is 0.227 e. The summed E-state index contributed by atoms with van der Waals surface area (Å²) >= 11 is 6.07. The largest absolute Gasteiger partial charge is 0.435 e. The van der Waals surface area contributed by atoms with Crippen molar-refractivity contribution in [3.63, 3.8) is 0 Å². The van der Waals surface area contributed by atoms with Gasteiger partial charge in [0.2, 0.25) is 5.88 Å². The fourth-order valence-corrected chi connectivity index (χ4v) is 1.71. The van der Waals surface area contributed by atoms with Crippen molar-refractivity contribution in [1.82, 2.24) is 19.7 Å². The van der Waals surface area contributed by atoms with Gasteiger partial charge in [-0.25, -0.2) is 4.98 Å². The summed E-state index contributed by atoms with van der Waals surface area (Å²) < 4.78 is 7.57. The number of nitrogens with zero attached hydrogens (tertiary/aromatic N) is 4. The quantitative estimate of drug-likeness (QED) is 0.804. The van der Waals surface area contributed by atoms with Gasteiger partial charge in [-0.1, -0.05) is 18.5 Å². The second-order valence-electron chi connectivity index (χ2n) is 4.57. The number of aryl methyl sites for hydroxylation is 1. The Morgan fingerprint density at radius 2 is 2.11 bits per heavy atom. The minimum absolute atomic E-state index is 0.290. The molecule has 0 N–H and O–H groups in total. The number of hydrogen-bond acceptors (Lipinski definition) is 4. The molecule has 0 radical (unpaired) electrons. The van der Waals surface area contributed by atoms with Gasteiger partial charge in [0.1, 0.15) is 11.0 Å². The molecule has 6 heteroatoms. The summed E-state index contributed by atoms with van der Waals surface area (Å²) in [4.78, 5) is 8.53. The number of halogens is 1. The third kappa shape index (κ3) is 3.04. The van der Waals surface area contributed by atoms with E-state index in [-0.39, 0.29) is 0 Å². The summed E-state index contributed by atoms with van der Waals surface area (Å²) in [5, 5.41) is 4.65. The lowest BCUT2D eigenvalue weighted by Crippen LogP contribution is -2.01. The van der Waals surface area contributed by atoms with E-state index in [1.54, 1.807) is 6.20 Å². The van der Waals surface area contributed by atoms with Gasteiger partial charge in [0, 0.05) is 18.0 Å². The van der Waals surface area contributed by atoms with Crippen LogP contribution >= 0.6 is 11.6 Å². The van der Waals surface area contributed by atoms with E-state index in [9.17, 15) is 0 Å². The Balaban J connectivity index is 2.29. The van der Waals surface area contributed by atoms with Crippen LogP contribution in [0.4, 0.5) is 0 Å². The Hall–Kier alpha value is -1.62. The van der Waals surface area contributed by atoms with E-state index in [0.717, 1.165) is 5.56 Å². The first-order chi connectivity index (χ1) is 9.01. The van der Waals surface area contributed by atoms with Crippen LogP contribution in [-0.2, 0) is 6.42 Å². The predicted octanol–water partition coefficient (Wildman–Crippen LogP) is 3.57. The van der Waals surface area contributed by atoms with Crippen molar-refractivity contribution >= 4 is 11.6 Å². The van der Waals surface area contributed by atoms with E-state index in [1.807, 2.05) is 24.7 Å². The van der Waals surface area contributed by atoms with Gasteiger partial charge in [-0.05, 0) is 20.8 Å². The molecule has 2 aromatic heterocycles. The van der Waals surface area contributed by atoms with Crippen LogP contribution in [0.2, 0.25) is 5.15 Å². The molecular weight excluding hydrogens is 264 g/mol. The van der Waals surface area contributed by atoms with Crippen molar-refractivity contribution in [1.29, 1.82) is 0 Å². The predicted molar refractivity (Wildman–Crippen MR) is 73.8 cm³/mol. The molecule has 0 spiro atoms. The third-order valence-electron chi connectivity index (χ3n) is 2.73. The summed E-state index contributed by atoms with van der Waals surface area (Å²) in [6.45, 7) is 7.92. The minimum Gasteiger partial charge on any atom is -0.435 e. The molecule has 0 saturated heterocycles. The highest BCUT2D eigenvalue weighted by Crippen LogP contribution is 2.27. The number of ether oxygens (including phenoxy) is 1. The van der Waals surface area contributed by atoms with Gasteiger partial charge in [-0.3, -0.25) is 4.68 Å². The lowest BCUT2D eigenvalue weighted by Gasteiger charge is -2.08. The molecule has 0 aliphatic rings. The zero-order valence-corrected chi connectivity index (χ0v) is 12.3. The molecular formula is C13H17ClN4O. The second kappa shape index (κ2) is 5.57. The monoisotopic (exact) mass is 280 g/mol. The molecule has 0 atom stereocenters. The smallest absolute Gasteiger partial charge is 0.227 e. The van der Waals surface area contributed by atoms with Gasteiger partial charge >= 0.3 is 0 Å². The fourth-order valence-electron chi connectivity index (χ4n) is 1.54. The first-order valence-corrected chi connectivity index (χ1v) is 6.64. The van der Waals surface area contributed by atoms with Crippen molar-refractivity contribution in [2.24, 2.45) is 0 Å². The molecule has 2 aromatic rings. The molecule has 0 aliphatic heterocycles. The van der Waals surface area contributed by atoms with Gasteiger partial charge in [0.05, 0.1) is 12.4 Å². The third-order valence-corrected chi connectivity index (χ3v) is 3.09. The standard InChI is InChI=1S/C13H17ClN4O/c1-5-11-16-12(14)9(4)13(17-11)19-10-6-15-18(7-10)8(2)3/h6-8H,5H2,1-4H3. The van der Waals surface area contributed by atoms with Crippen LogP contribution in [0.3, 0.4) is 0 Å². The zero-order valence-electron chi connectivity index (χ0n) is 11.5. The van der Waals surface area contributed by atoms with E-state index in [1.165, 1.54) is 0 Å². The van der Waals surface area contributed by atoms with Gasteiger partial charge in [0.15, 0.2) is 5.75 Å². The molecule has 0 saturated carbocycles. The number of rotatable bonds is 4. The fraction of sp³-hybridized carbons (Fsp3) is 0.462. The summed E-state index contributed by atoms with van der Waals surface area (Å²) in [7, 11) is 0. The molecule has 0 fully saturated rings. The zero-order chi connectivity index (χ0) is 14.0. The highest BCUT2D eigenvalue weighted by Gasteiger charge is 2.12. The highest BCUT2D eigenvalue weighted by atomic mass is 35.5. The molecule has 2 heterocycles. The van der Waals surface area contributed by atoms with Crippen LogP contribution in [0.5, 0.6) is 11.6 Å². The molecule has 102 valence electrons. The van der Waals surface area contributed by atoms with Crippen LogP contribution in [0.15, 0.2) is 12.4 Å². The number of hydrogen-bond donors (Lipinski definition) is 0. The van der Waals surface area contributed by atoms with Crippen molar-refractivity contribution in [2.75, 3.05) is 0 Å². The summed E-state index contributed by atoms with van der Waals surface area (Å²) in [5.41, 5.74) is 0.733. The Morgan fingerprint density at radius 3 is 2.68 bits per heavy atom. The molecule has 0 amide bonds. The van der Waals surface area contributed by atoms with Crippen molar-refractivity contribution in [2.45, 2.75) is 40.2 Å². The van der Waals surface area contributed by atoms with Crippen LogP contribution in [0.1, 0.15) is 38.2 Å². The number of aromatic nitrogens is 4. The summed E-state index contributed by atoms with van der Waals surface area (Å²) in [5.74, 6) is 1.80. The molecule has 0 unspecified atom stereocenters. The topological polar surface area (TPSA) is 52.8 Å². The molecule has 0 aliphatic carbocycles. The van der Waals surface area contributed by atoms with Gasteiger partial charge in [0.25, 0.3) is 0 Å². The maximum absolute atomic E-state index is 6.07. The van der Waals surface area contributed by atoms with Crippen molar-refractivity contribution in [3.8, 4) is 11.6 Å². The molecule has 5 nitrogen and oxygen atoms in total. The van der Waals surface area contributed by atoms with E-state index in [0.29, 0.717) is 35.1 Å². The Bertz CT molecular complexity index is 580. The Morgan fingerprint density at radius 1 is 1.37 bits per heavy atom.